The number of aromatic nitrogens is 3. The zero-order valence-electron chi connectivity index (χ0n) is 18.9. The molecule has 1 aliphatic heterocycles. The number of ketones is 1. The van der Waals surface area contributed by atoms with Gasteiger partial charge in [-0.2, -0.15) is 5.10 Å². The Morgan fingerprint density at radius 3 is 2.84 bits per heavy atom. The van der Waals surface area contributed by atoms with E-state index in [9.17, 15) is 4.79 Å². The van der Waals surface area contributed by atoms with E-state index in [4.69, 9.17) is 21.3 Å². The predicted octanol–water partition coefficient (Wildman–Crippen LogP) is 6.17. The van der Waals surface area contributed by atoms with Crippen LogP contribution in [0.2, 0.25) is 5.02 Å². The van der Waals surface area contributed by atoms with E-state index in [-0.39, 0.29) is 17.6 Å². The van der Waals surface area contributed by atoms with E-state index >= 15 is 0 Å². The molecule has 1 N–H and O–H groups in total. The van der Waals surface area contributed by atoms with Crippen LogP contribution < -0.4 is 4.74 Å². The average Bonchev–Trinajstić information content (AvgIpc) is 3.24. The zero-order chi connectivity index (χ0) is 22.8. The number of pyridine rings is 1. The summed E-state index contributed by atoms with van der Waals surface area (Å²) in [5.74, 6) is 0.913. The van der Waals surface area contributed by atoms with Gasteiger partial charge in [-0.05, 0) is 68.0 Å². The number of carbonyl (C=O) groups excluding carboxylic acids is 1. The second-order valence-electron chi connectivity index (χ2n) is 8.41. The minimum atomic E-state index is -0.257. The van der Waals surface area contributed by atoms with Gasteiger partial charge in [0.25, 0.3) is 0 Å². The summed E-state index contributed by atoms with van der Waals surface area (Å²) < 4.78 is 5.89. The fraction of sp³-hybridized carbons (Fsp3) is 0.346. The predicted molar refractivity (Wildman–Crippen MR) is 128 cm³/mol. The van der Waals surface area contributed by atoms with Crippen molar-refractivity contribution in [1.29, 1.82) is 0 Å². The maximum absolute atomic E-state index is 13.6. The van der Waals surface area contributed by atoms with Crippen LogP contribution in [-0.2, 0) is 11.2 Å². The fourth-order valence-electron chi connectivity index (χ4n) is 4.26. The van der Waals surface area contributed by atoms with Crippen LogP contribution in [0.5, 0.6) is 5.75 Å². The van der Waals surface area contributed by atoms with Crippen LogP contribution in [0.25, 0.3) is 16.8 Å². The smallest absolute Gasteiger partial charge is 0.170 e. The molecule has 0 amide bonds. The molecule has 3 aromatic rings. The van der Waals surface area contributed by atoms with Crippen molar-refractivity contribution in [3.63, 3.8) is 0 Å². The summed E-state index contributed by atoms with van der Waals surface area (Å²) in [5.41, 5.74) is 6.50. The molecule has 166 valence electrons. The minimum Gasteiger partial charge on any atom is -0.493 e. The maximum atomic E-state index is 13.6. The van der Waals surface area contributed by atoms with Crippen molar-refractivity contribution in [2.24, 2.45) is 5.92 Å². The Morgan fingerprint density at radius 1 is 1.34 bits per heavy atom. The number of aromatic amines is 1. The summed E-state index contributed by atoms with van der Waals surface area (Å²) in [6.07, 6.45) is 7.11. The molecule has 0 fully saturated rings. The molecular weight excluding hydrogens is 422 g/mol. The standard InChI is InChI=1S/C26H28ClN3O2/c1-5-15(3)21-11-24(22-13-29-30-16(22)4)28-12-23(21)20(6-2)26(31)18-9-17-10-19(27)7-8-25(17)32-14-18/h6-8,10-13,15,18H,5,9,14H2,1-4H3,(H,29,30)/b20-6+. The molecule has 6 heteroatoms. The van der Waals surface area contributed by atoms with Crippen molar-refractivity contribution < 1.29 is 9.53 Å². The number of fused-ring (bicyclic) bond motifs is 1. The van der Waals surface area contributed by atoms with Gasteiger partial charge < -0.3 is 4.74 Å². The molecule has 2 atom stereocenters. The normalized spacial score (nSPS) is 16.9. The average molecular weight is 450 g/mol. The molecule has 0 saturated heterocycles. The van der Waals surface area contributed by atoms with Crippen molar-refractivity contribution >= 4 is 23.0 Å². The van der Waals surface area contributed by atoms with Gasteiger partial charge in [0.05, 0.1) is 24.4 Å². The molecule has 5 nitrogen and oxygen atoms in total. The molecule has 1 aliphatic rings. The number of rotatable bonds is 6. The highest BCUT2D eigenvalue weighted by molar-refractivity contribution is 6.30. The van der Waals surface area contributed by atoms with Gasteiger partial charge in [0.2, 0.25) is 0 Å². The van der Waals surface area contributed by atoms with E-state index in [1.807, 2.05) is 44.3 Å². The molecule has 0 spiro atoms. The molecule has 0 saturated carbocycles. The Morgan fingerprint density at radius 2 is 2.16 bits per heavy atom. The lowest BCUT2D eigenvalue weighted by Crippen LogP contribution is -2.29. The quantitative estimate of drug-likeness (QED) is 0.457. The highest BCUT2D eigenvalue weighted by Gasteiger charge is 2.30. The summed E-state index contributed by atoms with van der Waals surface area (Å²) in [7, 11) is 0. The monoisotopic (exact) mass is 449 g/mol. The highest BCUT2D eigenvalue weighted by atomic mass is 35.5. The number of hydrogen-bond acceptors (Lipinski definition) is 4. The van der Waals surface area contributed by atoms with Crippen LogP contribution in [0.15, 0.2) is 42.7 Å². The van der Waals surface area contributed by atoms with Gasteiger partial charge in [0.15, 0.2) is 5.78 Å². The Hall–Kier alpha value is -2.92. The molecule has 1 aromatic carbocycles. The summed E-state index contributed by atoms with van der Waals surface area (Å²) in [6, 6.07) is 7.67. The zero-order valence-corrected chi connectivity index (χ0v) is 19.7. The number of hydrogen-bond donors (Lipinski definition) is 1. The summed E-state index contributed by atoms with van der Waals surface area (Å²) in [4.78, 5) is 18.3. The van der Waals surface area contributed by atoms with Crippen molar-refractivity contribution in [1.82, 2.24) is 15.2 Å². The summed E-state index contributed by atoms with van der Waals surface area (Å²) >= 11 is 6.16. The molecule has 4 rings (SSSR count). The van der Waals surface area contributed by atoms with Crippen LogP contribution in [0.1, 0.15) is 55.5 Å². The van der Waals surface area contributed by atoms with E-state index in [1.54, 1.807) is 6.20 Å². The van der Waals surface area contributed by atoms with Gasteiger partial charge in [-0.3, -0.25) is 14.9 Å². The first-order chi connectivity index (χ1) is 15.4. The second-order valence-corrected chi connectivity index (χ2v) is 8.84. The molecule has 0 bridgehead atoms. The molecule has 0 aliphatic carbocycles. The molecule has 2 unspecified atom stereocenters. The topological polar surface area (TPSA) is 67.9 Å². The Bertz CT molecular complexity index is 1180. The van der Waals surface area contributed by atoms with E-state index in [0.717, 1.165) is 45.8 Å². The lowest BCUT2D eigenvalue weighted by molar-refractivity contribution is -0.118. The van der Waals surface area contributed by atoms with Crippen LogP contribution in [-0.4, -0.2) is 27.6 Å². The Balaban J connectivity index is 1.69. The molecular formula is C26H28ClN3O2. The Labute approximate surface area is 193 Å². The van der Waals surface area contributed by atoms with Crippen LogP contribution in [0.4, 0.5) is 0 Å². The molecule has 32 heavy (non-hydrogen) atoms. The first kappa shape index (κ1) is 22.3. The van der Waals surface area contributed by atoms with Crippen LogP contribution in [0.3, 0.4) is 0 Å². The Kier molecular flexibility index (Phi) is 6.47. The third-order valence-corrected chi connectivity index (χ3v) is 6.56. The number of H-pyrrole nitrogens is 1. The number of ether oxygens (including phenoxy) is 1. The minimum absolute atomic E-state index is 0.0803. The lowest BCUT2D eigenvalue weighted by Gasteiger charge is -2.26. The van der Waals surface area contributed by atoms with Gasteiger partial charge in [0.1, 0.15) is 5.75 Å². The number of allylic oxidation sites excluding steroid dienone is 2. The molecule has 0 radical (unpaired) electrons. The largest absolute Gasteiger partial charge is 0.493 e. The molecule has 3 heterocycles. The third kappa shape index (κ3) is 4.22. The maximum Gasteiger partial charge on any atom is 0.170 e. The van der Waals surface area contributed by atoms with Crippen LogP contribution in [0, 0.1) is 12.8 Å². The van der Waals surface area contributed by atoms with Gasteiger partial charge in [0, 0.05) is 33.6 Å². The van der Waals surface area contributed by atoms with Crippen LogP contribution >= 0.6 is 11.6 Å². The highest BCUT2D eigenvalue weighted by Crippen LogP contribution is 2.36. The number of benzene rings is 1. The van der Waals surface area contributed by atoms with Crippen molar-refractivity contribution in [2.75, 3.05) is 6.61 Å². The number of aryl methyl sites for hydroxylation is 1. The van der Waals surface area contributed by atoms with E-state index in [0.29, 0.717) is 23.6 Å². The van der Waals surface area contributed by atoms with Crippen molar-refractivity contribution in [3.05, 3.63) is 70.1 Å². The van der Waals surface area contributed by atoms with Crippen molar-refractivity contribution in [3.8, 4) is 17.0 Å². The number of halogens is 1. The van der Waals surface area contributed by atoms with E-state index in [2.05, 4.69) is 30.1 Å². The second kappa shape index (κ2) is 9.29. The SMILES string of the molecule is C/C=C(/C(=O)C1COc2ccc(Cl)cc2C1)c1cnc(-c2cn[nH]c2C)cc1C(C)CC. The first-order valence-corrected chi connectivity index (χ1v) is 11.4. The third-order valence-electron chi connectivity index (χ3n) is 6.33. The van der Waals surface area contributed by atoms with Gasteiger partial charge in [-0.25, -0.2) is 0 Å². The number of nitrogens with one attached hydrogen (secondary N) is 1. The van der Waals surface area contributed by atoms with E-state index in [1.165, 1.54) is 0 Å². The summed E-state index contributed by atoms with van der Waals surface area (Å²) in [5, 5.41) is 7.75. The first-order valence-electron chi connectivity index (χ1n) is 11.0. The van der Waals surface area contributed by atoms with Crippen molar-refractivity contribution in [2.45, 2.75) is 46.5 Å². The number of carbonyl (C=O) groups is 1. The van der Waals surface area contributed by atoms with E-state index < -0.39 is 0 Å². The van der Waals surface area contributed by atoms with Gasteiger partial charge in [-0.15, -0.1) is 0 Å². The van der Waals surface area contributed by atoms with Gasteiger partial charge >= 0.3 is 0 Å². The number of Topliss-reactive ketones (excluding diaryl/α,β-unsaturated/α-hetero) is 1. The molecule has 2 aromatic heterocycles. The van der Waals surface area contributed by atoms with Gasteiger partial charge in [-0.1, -0.05) is 31.5 Å². The lowest BCUT2D eigenvalue weighted by atomic mass is 9.83. The fourth-order valence-corrected chi connectivity index (χ4v) is 4.46. The summed E-state index contributed by atoms with van der Waals surface area (Å²) in [6.45, 7) is 8.60. The number of nitrogens with zero attached hydrogens (tertiary/aromatic N) is 2.